The molecule has 1 aliphatic heterocycles. The topological polar surface area (TPSA) is 76.9 Å². The highest BCUT2D eigenvalue weighted by atomic mass is 19.1. The number of hydrogen-bond acceptors (Lipinski definition) is 4. The number of pyridine rings is 1. The maximum Gasteiger partial charge on any atom is 0.480 e. The second-order valence-electron chi connectivity index (χ2n) is 4.60. The minimum absolute atomic E-state index is 0.127. The smallest absolute Gasteiger partial charge is 0.424 e. The van der Waals surface area contributed by atoms with Gasteiger partial charge in [-0.25, -0.2) is 9.18 Å². The lowest BCUT2D eigenvalue weighted by Crippen LogP contribution is -2.29. The molecule has 1 fully saturated rings. The van der Waals surface area contributed by atoms with Crippen LogP contribution in [0, 0.1) is 5.82 Å². The Morgan fingerprint density at radius 3 is 2.80 bits per heavy atom. The van der Waals surface area contributed by atoms with Crippen molar-refractivity contribution in [1.29, 1.82) is 0 Å². The molecule has 0 aromatic carbocycles. The number of urea groups is 1. The number of likely N-dealkylation sites (N-methyl/N-ethyl adjacent to an activating group) is 1. The second-order valence-corrected chi connectivity index (χ2v) is 4.60. The van der Waals surface area contributed by atoms with Crippen LogP contribution in [0.15, 0.2) is 18.2 Å². The number of amides is 2. The Bertz CT molecular complexity index is 539. The molecular formula is C12H15BFN3O3. The van der Waals surface area contributed by atoms with Crippen molar-refractivity contribution in [3.05, 3.63) is 35.3 Å². The van der Waals surface area contributed by atoms with Crippen molar-refractivity contribution < 1.29 is 19.2 Å². The molecule has 106 valence electrons. The van der Waals surface area contributed by atoms with Gasteiger partial charge in [-0.05, 0) is 11.6 Å². The Morgan fingerprint density at radius 2 is 2.25 bits per heavy atom. The van der Waals surface area contributed by atoms with E-state index >= 15 is 0 Å². The highest BCUT2D eigenvalue weighted by molar-refractivity contribution is 6.48. The van der Waals surface area contributed by atoms with Crippen molar-refractivity contribution in [2.75, 3.05) is 20.1 Å². The van der Waals surface area contributed by atoms with Gasteiger partial charge >= 0.3 is 13.1 Å². The van der Waals surface area contributed by atoms with E-state index in [1.807, 2.05) is 0 Å². The van der Waals surface area contributed by atoms with Gasteiger partial charge in [0, 0.05) is 26.3 Å². The minimum Gasteiger partial charge on any atom is -0.424 e. The number of halogens is 1. The summed E-state index contributed by atoms with van der Waals surface area (Å²) in [5, 5.41) is 17.4. The summed E-state index contributed by atoms with van der Waals surface area (Å²) in [4.78, 5) is 18.8. The van der Waals surface area contributed by atoms with Crippen LogP contribution in [0.25, 0.3) is 6.08 Å². The Balaban J connectivity index is 2.08. The Kier molecular flexibility index (Phi) is 4.36. The fraction of sp³-hybridized carbons (Fsp3) is 0.333. The van der Waals surface area contributed by atoms with E-state index in [-0.39, 0.29) is 18.3 Å². The summed E-state index contributed by atoms with van der Waals surface area (Å²) in [6.07, 6.45) is 2.78. The van der Waals surface area contributed by atoms with Gasteiger partial charge in [0.2, 0.25) is 0 Å². The van der Waals surface area contributed by atoms with Crippen molar-refractivity contribution in [2.45, 2.75) is 6.54 Å². The van der Waals surface area contributed by atoms with Crippen molar-refractivity contribution in [3.8, 4) is 0 Å². The van der Waals surface area contributed by atoms with Crippen molar-refractivity contribution >= 4 is 19.2 Å². The first-order valence-electron chi connectivity index (χ1n) is 6.16. The van der Waals surface area contributed by atoms with E-state index in [1.54, 1.807) is 11.9 Å². The number of hydrogen-bond donors (Lipinski definition) is 2. The highest BCUT2D eigenvalue weighted by Crippen LogP contribution is 2.14. The van der Waals surface area contributed by atoms with Crippen LogP contribution in [-0.4, -0.2) is 58.1 Å². The van der Waals surface area contributed by atoms with E-state index < -0.39 is 12.9 Å². The van der Waals surface area contributed by atoms with Gasteiger partial charge < -0.3 is 19.8 Å². The summed E-state index contributed by atoms with van der Waals surface area (Å²) in [6.45, 7) is 1.30. The van der Waals surface area contributed by atoms with Crippen LogP contribution < -0.4 is 0 Å². The molecular weight excluding hydrogens is 264 g/mol. The molecule has 0 bridgehead atoms. The van der Waals surface area contributed by atoms with E-state index in [0.717, 1.165) is 5.98 Å². The molecule has 1 saturated heterocycles. The summed E-state index contributed by atoms with van der Waals surface area (Å²) in [6, 6.07) is 1.10. The van der Waals surface area contributed by atoms with Crippen molar-refractivity contribution in [2.24, 2.45) is 0 Å². The molecule has 20 heavy (non-hydrogen) atoms. The molecule has 1 aliphatic rings. The molecule has 6 nitrogen and oxygen atoms in total. The largest absolute Gasteiger partial charge is 0.480 e. The molecule has 2 rings (SSSR count). The normalized spacial score (nSPS) is 15.5. The lowest BCUT2D eigenvalue weighted by atomic mass is 9.91. The molecule has 0 saturated carbocycles. The fourth-order valence-corrected chi connectivity index (χ4v) is 1.92. The van der Waals surface area contributed by atoms with Crippen molar-refractivity contribution in [1.82, 2.24) is 14.8 Å². The van der Waals surface area contributed by atoms with Crippen LogP contribution in [0.3, 0.4) is 0 Å². The molecule has 0 aliphatic carbocycles. The molecule has 1 aromatic heterocycles. The molecule has 0 unspecified atom stereocenters. The number of rotatable bonds is 4. The summed E-state index contributed by atoms with van der Waals surface area (Å²) >= 11 is 0. The van der Waals surface area contributed by atoms with Gasteiger partial charge in [-0.2, -0.15) is 0 Å². The zero-order valence-corrected chi connectivity index (χ0v) is 11.0. The summed E-state index contributed by atoms with van der Waals surface area (Å²) in [7, 11) is 0.107. The fourth-order valence-electron chi connectivity index (χ4n) is 1.92. The zero-order valence-electron chi connectivity index (χ0n) is 11.0. The van der Waals surface area contributed by atoms with E-state index in [9.17, 15) is 9.18 Å². The first-order chi connectivity index (χ1) is 9.47. The van der Waals surface area contributed by atoms with Gasteiger partial charge in [0.1, 0.15) is 5.82 Å². The van der Waals surface area contributed by atoms with E-state index in [1.165, 1.54) is 23.2 Å². The van der Waals surface area contributed by atoms with Crippen LogP contribution in [0.4, 0.5) is 9.18 Å². The van der Waals surface area contributed by atoms with Gasteiger partial charge in [0.05, 0.1) is 12.2 Å². The van der Waals surface area contributed by atoms with Crippen LogP contribution >= 0.6 is 0 Å². The molecule has 2 heterocycles. The number of aromatic nitrogens is 1. The second kappa shape index (κ2) is 6.02. The summed E-state index contributed by atoms with van der Waals surface area (Å²) in [5.74, 6) is 0.580. The summed E-state index contributed by atoms with van der Waals surface area (Å²) < 4.78 is 13.9. The Morgan fingerprint density at radius 1 is 1.50 bits per heavy atom. The van der Waals surface area contributed by atoms with Gasteiger partial charge in [0.25, 0.3) is 0 Å². The van der Waals surface area contributed by atoms with E-state index in [4.69, 9.17) is 10.0 Å². The number of carbonyl (C=O) groups is 1. The Hall–Kier alpha value is -1.93. The maximum absolute atomic E-state index is 13.9. The monoisotopic (exact) mass is 279 g/mol. The van der Waals surface area contributed by atoms with Crippen LogP contribution in [0.1, 0.15) is 11.3 Å². The molecule has 2 N–H and O–H groups in total. The van der Waals surface area contributed by atoms with Crippen molar-refractivity contribution in [3.63, 3.8) is 0 Å². The molecule has 1 aromatic rings. The first-order valence-corrected chi connectivity index (χ1v) is 6.16. The number of nitrogens with zero attached hydrogens (tertiary/aromatic N) is 3. The molecule has 8 heteroatoms. The van der Waals surface area contributed by atoms with Crippen LogP contribution in [0.5, 0.6) is 0 Å². The SMILES string of the molecule is CN1CCN(Cc2ncc(/C=C/B(O)O)cc2F)C1=O. The van der Waals surface area contributed by atoms with Gasteiger partial charge in [-0.15, -0.1) is 0 Å². The number of carbonyl (C=O) groups excluding carboxylic acids is 1. The van der Waals surface area contributed by atoms with Gasteiger partial charge in [-0.3, -0.25) is 4.98 Å². The lowest BCUT2D eigenvalue weighted by molar-refractivity contribution is 0.196. The molecule has 0 radical (unpaired) electrons. The van der Waals surface area contributed by atoms with E-state index in [0.29, 0.717) is 18.7 Å². The third-order valence-electron chi connectivity index (χ3n) is 3.04. The summed E-state index contributed by atoms with van der Waals surface area (Å²) in [5.41, 5.74) is 0.611. The van der Waals surface area contributed by atoms with E-state index in [2.05, 4.69) is 4.98 Å². The highest BCUT2D eigenvalue weighted by Gasteiger charge is 2.26. The maximum atomic E-state index is 13.9. The average Bonchev–Trinajstić information content (AvgIpc) is 2.71. The zero-order chi connectivity index (χ0) is 14.7. The van der Waals surface area contributed by atoms with Gasteiger partial charge in [-0.1, -0.05) is 12.1 Å². The third-order valence-corrected chi connectivity index (χ3v) is 3.04. The van der Waals surface area contributed by atoms with Gasteiger partial charge in [0.15, 0.2) is 0 Å². The Labute approximate surface area is 116 Å². The lowest BCUT2D eigenvalue weighted by Gasteiger charge is -2.15. The third kappa shape index (κ3) is 3.34. The first kappa shape index (κ1) is 14.5. The van der Waals surface area contributed by atoms with Crippen LogP contribution in [0.2, 0.25) is 0 Å². The quantitative estimate of drug-likeness (QED) is 0.767. The average molecular weight is 279 g/mol. The molecule has 0 spiro atoms. The standard InChI is InChI=1S/C12H15BFN3O3/c1-16-4-5-17(12(16)18)8-11-10(14)6-9(7-15-11)2-3-13(19)20/h2-3,6-7,19-20H,4-5,8H2,1H3/b3-2+. The predicted octanol–water partition coefficient (Wildman–Crippen LogP) is 0.113. The molecule has 0 atom stereocenters. The molecule has 2 amide bonds. The minimum atomic E-state index is -1.59. The van der Waals surface area contributed by atoms with Crippen LogP contribution in [-0.2, 0) is 6.54 Å². The predicted molar refractivity (Wildman–Crippen MR) is 71.9 cm³/mol.